The molecule has 2 rings (SSSR count). The maximum Gasteiger partial charge on any atom is 0.408 e. The molecule has 0 saturated heterocycles. The molecule has 4 amide bonds. The van der Waals surface area contributed by atoms with Crippen LogP contribution in [0, 0.1) is 27.7 Å². The number of carbonyl (C=O) groups is 4. The third-order valence-corrected chi connectivity index (χ3v) is 7.19. The molecule has 0 aliphatic heterocycles. The number of nitrogens with two attached hydrogens (primary N) is 1. The minimum absolute atomic E-state index is 0.0433. The minimum Gasteiger partial charge on any atom is -0.444 e. The molecule has 3 atom stereocenters. The number of hydrogen-bond donors (Lipinski definition) is 3. The number of nitrogens with one attached hydrogen (secondary N) is 2. The zero-order chi connectivity index (χ0) is 31.1. The molecule has 2 aromatic carbocycles. The number of nitrogens with zero attached hydrogens (tertiary/aromatic N) is 1. The second-order valence-electron chi connectivity index (χ2n) is 11.7. The quantitative estimate of drug-likeness (QED) is 0.336. The lowest BCUT2D eigenvalue weighted by atomic mass is 9.93. The van der Waals surface area contributed by atoms with E-state index in [4.69, 9.17) is 10.5 Å². The molecule has 4 N–H and O–H groups in total. The van der Waals surface area contributed by atoms with E-state index in [0.717, 1.165) is 22.3 Å². The van der Waals surface area contributed by atoms with E-state index in [1.54, 1.807) is 20.8 Å². The van der Waals surface area contributed by atoms with Gasteiger partial charge in [0.1, 0.15) is 17.7 Å². The molecule has 2 aromatic rings. The van der Waals surface area contributed by atoms with Crippen LogP contribution in [0.5, 0.6) is 0 Å². The summed E-state index contributed by atoms with van der Waals surface area (Å²) in [6.45, 7) is 16.6. The molecule has 0 heterocycles. The van der Waals surface area contributed by atoms with Gasteiger partial charge in [0.2, 0.25) is 11.8 Å². The zero-order valence-electron chi connectivity index (χ0n) is 25.9. The molecule has 224 valence electrons. The number of benzene rings is 2. The Bertz CT molecular complexity index is 1250. The summed E-state index contributed by atoms with van der Waals surface area (Å²) in [5, 5.41) is 5.72. The molecule has 3 unspecified atom stereocenters. The van der Waals surface area contributed by atoms with Gasteiger partial charge in [-0.2, -0.15) is 0 Å². The smallest absolute Gasteiger partial charge is 0.408 e. The standard InChI is InChI=1S/C32H46N4O5/c1-10-22(5)36(30(39)25(17-18-26(33)37)34-31(40)41-32(7,8)9)28(24-16-12-13-19(2)23(24)6)29(38)35-27-20(3)14-11-15-21(27)4/h11-16,22,25,28H,10,17-18H2,1-9H3,(H2,33,37)(H,34,40)(H,35,38). The average molecular weight is 567 g/mol. The van der Waals surface area contributed by atoms with E-state index < -0.39 is 41.6 Å². The van der Waals surface area contributed by atoms with Crippen molar-refractivity contribution in [2.45, 2.75) is 105 Å². The molecule has 0 aliphatic rings. The Morgan fingerprint density at radius 3 is 2.05 bits per heavy atom. The highest BCUT2D eigenvalue weighted by Crippen LogP contribution is 2.32. The largest absolute Gasteiger partial charge is 0.444 e. The summed E-state index contributed by atoms with van der Waals surface area (Å²) < 4.78 is 5.41. The lowest BCUT2D eigenvalue weighted by Crippen LogP contribution is -2.55. The van der Waals surface area contributed by atoms with E-state index in [2.05, 4.69) is 10.6 Å². The van der Waals surface area contributed by atoms with E-state index in [9.17, 15) is 19.2 Å². The fraction of sp³-hybridized carbons (Fsp3) is 0.500. The monoisotopic (exact) mass is 566 g/mol. The first kappa shape index (κ1) is 33.3. The number of aryl methyl sites for hydroxylation is 3. The van der Waals surface area contributed by atoms with Gasteiger partial charge in [0.05, 0.1) is 0 Å². The molecule has 0 saturated carbocycles. The van der Waals surface area contributed by atoms with Gasteiger partial charge in [0.15, 0.2) is 0 Å². The molecule has 41 heavy (non-hydrogen) atoms. The van der Waals surface area contributed by atoms with Gasteiger partial charge < -0.3 is 26.0 Å². The van der Waals surface area contributed by atoms with E-state index in [1.807, 2.05) is 77.9 Å². The third-order valence-electron chi connectivity index (χ3n) is 7.19. The first-order valence-corrected chi connectivity index (χ1v) is 14.1. The fourth-order valence-corrected chi connectivity index (χ4v) is 4.66. The highest BCUT2D eigenvalue weighted by atomic mass is 16.6. The van der Waals surface area contributed by atoms with Crippen molar-refractivity contribution in [3.8, 4) is 0 Å². The Labute approximate surface area is 244 Å². The van der Waals surface area contributed by atoms with Crippen molar-refractivity contribution in [1.29, 1.82) is 0 Å². The van der Waals surface area contributed by atoms with Crippen LogP contribution in [0.2, 0.25) is 0 Å². The van der Waals surface area contributed by atoms with Crippen LogP contribution in [0.3, 0.4) is 0 Å². The summed E-state index contributed by atoms with van der Waals surface area (Å²) in [7, 11) is 0. The van der Waals surface area contributed by atoms with Crippen molar-refractivity contribution >= 4 is 29.5 Å². The highest BCUT2D eigenvalue weighted by molar-refractivity contribution is 6.00. The lowest BCUT2D eigenvalue weighted by molar-refractivity contribution is -0.143. The number of alkyl carbamates (subject to hydrolysis) is 1. The number of anilines is 1. The van der Waals surface area contributed by atoms with E-state index in [-0.39, 0.29) is 18.7 Å². The SMILES string of the molecule is CCC(C)N(C(=O)C(CCC(N)=O)NC(=O)OC(C)(C)C)C(C(=O)Nc1c(C)cccc1C)c1cccc(C)c1C. The molecule has 0 radical (unpaired) electrons. The first-order chi connectivity index (χ1) is 19.1. The number of carbonyl (C=O) groups excluding carboxylic acids is 4. The van der Waals surface area contributed by atoms with Gasteiger partial charge in [0, 0.05) is 18.2 Å². The molecule has 9 nitrogen and oxygen atoms in total. The van der Waals surface area contributed by atoms with Crippen LogP contribution in [0.25, 0.3) is 0 Å². The molecular formula is C32H46N4O5. The van der Waals surface area contributed by atoms with Crippen LogP contribution in [-0.4, -0.2) is 46.4 Å². The maximum absolute atomic E-state index is 14.4. The maximum atomic E-state index is 14.4. The Morgan fingerprint density at radius 1 is 0.951 bits per heavy atom. The second-order valence-corrected chi connectivity index (χ2v) is 11.7. The van der Waals surface area contributed by atoms with Crippen molar-refractivity contribution in [3.63, 3.8) is 0 Å². The van der Waals surface area contributed by atoms with Gasteiger partial charge in [-0.05, 0) is 96.0 Å². The number of rotatable bonds is 11. The van der Waals surface area contributed by atoms with Gasteiger partial charge in [-0.1, -0.05) is 43.3 Å². The van der Waals surface area contributed by atoms with Crippen LogP contribution < -0.4 is 16.4 Å². The predicted molar refractivity (Wildman–Crippen MR) is 161 cm³/mol. The van der Waals surface area contributed by atoms with Gasteiger partial charge in [-0.25, -0.2) is 4.79 Å². The van der Waals surface area contributed by atoms with Gasteiger partial charge in [0.25, 0.3) is 5.91 Å². The molecule has 0 aromatic heterocycles. The van der Waals surface area contributed by atoms with Gasteiger partial charge in [-0.15, -0.1) is 0 Å². The number of para-hydroxylation sites is 1. The lowest BCUT2D eigenvalue weighted by Gasteiger charge is -2.39. The minimum atomic E-state index is -1.15. The summed E-state index contributed by atoms with van der Waals surface area (Å²) in [5.41, 5.74) is 9.61. The van der Waals surface area contributed by atoms with Crippen molar-refractivity contribution in [3.05, 3.63) is 64.2 Å². The molecular weight excluding hydrogens is 520 g/mol. The Morgan fingerprint density at radius 2 is 1.51 bits per heavy atom. The third kappa shape index (κ3) is 9.06. The summed E-state index contributed by atoms with van der Waals surface area (Å²) in [5.74, 6) is -1.49. The van der Waals surface area contributed by atoms with Gasteiger partial charge in [-0.3, -0.25) is 14.4 Å². The Hall–Kier alpha value is -3.88. The number of primary amides is 1. The highest BCUT2D eigenvalue weighted by Gasteiger charge is 2.39. The summed E-state index contributed by atoms with van der Waals surface area (Å²) in [4.78, 5) is 54.6. The van der Waals surface area contributed by atoms with Crippen LogP contribution >= 0.6 is 0 Å². The molecule has 0 bridgehead atoms. The molecule has 0 spiro atoms. The van der Waals surface area contributed by atoms with Crippen molar-refractivity contribution < 1.29 is 23.9 Å². The Kier molecular flexibility index (Phi) is 11.5. The van der Waals surface area contributed by atoms with Crippen molar-refractivity contribution in [2.24, 2.45) is 5.73 Å². The average Bonchev–Trinajstić information content (AvgIpc) is 2.87. The van der Waals surface area contributed by atoms with E-state index in [1.165, 1.54) is 4.90 Å². The van der Waals surface area contributed by atoms with Crippen molar-refractivity contribution in [2.75, 3.05) is 5.32 Å². The van der Waals surface area contributed by atoms with Crippen LogP contribution in [0.15, 0.2) is 36.4 Å². The van der Waals surface area contributed by atoms with Crippen LogP contribution in [0.4, 0.5) is 10.5 Å². The second kappa shape index (κ2) is 14.1. The number of hydrogen-bond acceptors (Lipinski definition) is 5. The summed E-state index contributed by atoms with van der Waals surface area (Å²) in [6.07, 6.45) is -0.437. The topological polar surface area (TPSA) is 131 Å². The van der Waals surface area contributed by atoms with Crippen molar-refractivity contribution in [1.82, 2.24) is 10.2 Å². The molecule has 9 heteroatoms. The summed E-state index contributed by atoms with van der Waals surface area (Å²) >= 11 is 0. The van der Waals surface area contributed by atoms with Gasteiger partial charge >= 0.3 is 6.09 Å². The number of ether oxygens (including phenoxy) is 1. The number of amides is 4. The summed E-state index contributed by atoms with van der Waals surface area (Å²) in [6, 6.07) is 8.85. The fourth-order valence-electron chi connectivity index (χ4n) is 4.66. The van der Waals surface area contributed by atoms with Crippen LogP contribution in [-0.2, 0) is 19.1 Å². The molecule has 0 fully saturated rings. The molecule has 0 aliphatic carbocycles. The first-order valence-electron chi connectivity index (χ1n) is 14.1. The Balaban J connectivity index is 2.68. The normalized spacial score (nSPS) is 13.5. The van der Waals surface area contributed by atoms with Crippen LogP contribution in [0.1, 0.15) is 87.7 Å². The predicted octanol–water partition coefficient (Wildman–Crippen LogP) is 5.39. The van der Waals surface area contributed by atoms with E-state index in [0.29, 0.717) is 17.7 Å². The zero-order valence-corrected chi connectivity index (χ0v) is 25.9. The van der Waals surface area contributed by atoms with E-state index >= 15 is 0 Å².